The van der Waals surface area contributed by atoms with Gasteiger partial charge >= 0.3 is 5.97 Å². The molecular formula is C29H45N7O9. The summed E-state index contributed by atoms with van der Waals surface area (Å²) in [6.07, 6.45) is -0.454. The summed E-state index contributed by atoms with van der Waals surface area (Å²) in [6, 6.07) is 0.987. The molecule has 0 aliphatic heterocycles. The highest BCUT2D eigenvalue weighted by atomic mass is 16.6. The van der Waals surface area contributed by atoms with E-state index in [-0.39, 0.29) is 36.9 Å². The topological polar surface area (TPSA) is 238 Å². The van der Waals surface area contributed by atoms with Gasteiger partial charge in [-0.3, -0.25) is 38.9 Å². The van der Waals surface area contributed by atoms with Crippen LogP contribution in [0.5, 0.6) is 0 Å². The van der Waals surface area contributed by atoms with Gasteiger partial charge < -0.3 is 37.0 Å². The second-order valence-electron chi connectivity index (χ2n) is 11.5. The summed E-state index contributed by atoms with van der Waals surface area (Å²) in [5.74, 6) is -4.34. The van der Waals surface area contributed by atoms with E-state index in [1.54, 1.807) is 20.8 Å². The Morgan fingerprint density at radius 1 is 0.711 bits per heavy atom. The SMILES string of the molecule is CC(C)[C@H](NC[C@H](C)NC(=O)CCC(=O)O)C(=O)N[C@H](C(=O)N[C@@H](C)C(=O)N[C@@H](C)C(=O)Nc1ccc([N+](=O)[O-])cc1)C(C)C. The Balaban J connectivity index is 2.72. The van der Waals surface area contributed by atoms with Crippen LogP contribution in [-0.2, 0) is 28.8 Å². The fourth-order valence-corrected chi connectivity index (χ4v) is 4.02. The number of nitrogens with zero attached hydrogens (tertiary/aromatic N) is 1. The van der Waals surface area contributed by atoms with E-state index in [0.717, 1.165) is 0 Å². The molecule has 0 aliphatic carbocycles. The molecule has 5 amide bonds. The maximum absolute atomic E-state index is 13.2. The molecule has 0 spiro atoms. The number of amides is 5. The third-order valence-corrected chi connectivity index (χ3v) is 6.66. The van der Waals surface area contributed by atoms with Crippen molar-refractivity contribution in [1.29, 1.82) is 0 Å². The van der Waals surface area contributed by atoms with E-state index in [2.05, 4.69) is 31.9 Å². The lowest BCUT2D eigenvalue weighted by atomic mass is 9.99. The third kappa shape index (κ3) is 13.7. The predicted molar refractivity (Wildman–Crippen MR) is 165 cm³/mol. The van der Waals surface area contributed by atoms with Crippen LogP contribution < -0.4 is 31.9 Å². The number of non-ortho nitro benzene ring substituents is 1. The minimum atomic E-state index is -1.08. The number of rotatable bonds is 18. The van der Waals surface area contributed by atoms with Crippen LogP contribution in [0.2, 0.25) is 0 Å². The van der Waals surface area contributed by atoms with Crippen LogP contribution in [0.3, 0.4) is 0 Å². The van der Waals surface area contributed by atoms with Crippen LogP contribution in [0.25, 0.3) is 0 Å². The van der Waals surface area contributed by atoms with E-state index in [1.165, 1.54) is 38.1 Å². The molecule has 0 aliphatic rings. The molecule has 16 heteroatoms. The standard InChI is InChI=1S/C29H45N7O9/c1-15(2)24(30-14-17(5)31-22(37)12-13-23(38)39)28(42)35-25(16(3)4)29(43)33-18(6)26(40)32-19(7)27(41)34-20-8-10-21(11-9-20)36(44)45/h8-11,15-19,24-25,30H,12-14H2,1-7H3,(H,31,37)(H,32,40)(H,33,43)(H,34,41)(H,35,42)(H,38,39)/t17-,18-,19-,24-,25-/m0/s1. The van der Waals surface area contributed by atoms with Crippen molar-refractivity contribution in [2.45, 2.75) is 91.5 Å². The van der Waals surface area contributed by atoms with Gasteiger partial charge in [0.25, 0.3) is 5.69 Å². The van der Waals surface area contributed by atoms with E-state index in [4.69, 9.17) is 5.11 Å². The molecule has 45 heavy (non-hydrogen) atoms. The molecule has 16 nitrogen and oxygen atoms in total. The molecule has 0 unspecified atom stereocenters. The van der Waals surface area contributed by atoms with Crippen molar-refractivity contribution in [3.63, 3.8) is 0 Å². The number of carbonyl (C=O) groups is 6. The largest absolute Gasteiger partial charge is 0.481 e. The van der Waals surface area contributed by atoms with Crippen molar-refractivity contribution in [3.8, 4) is 0 Å². The normalized spacial score (nSPS) is 14.3. The molecule has 7 N–H and O–H groups in total. The van der Waals surface area contributed by atoms with Crippen molar-refractivity contribution in [2.75, 3.05) is 11.9 Å². The van der Waals surface area contributed by atoms with Crippen LogP contribution in [0, 0.1) is 22.0 Å². The number of anilines is 1. The first-order valence-corrected chi connectivity index (χ1v) is 14.6. The number of hydrogen-bond acceptors (Lipinski definition) is 9. The van der Waals surface area contributed by atoms with Gasteiger partial charge in [0.2, 0.25) is 29.5 Å². The summed E-state index contributed by atoms with van der Waals surface area (Å²) in [5.41, 5.74) is 0.157. The molecule has 0 bridgehead atoms. The van der Waals surface area contributed by atoms with Crippen molar-refractivity contribution >= 4 is 46.9 Å². The number of nitro groups is 1. The molecule has 5 atom stereocenters. The lowest BCUT2D eigenvalue weighted by molar-refractivity contribution is -0.384. The highest BCUT2D eigenvalue weighted by molar-refractivity contribution is 5.98. The van der Waals surface area contributed by atoms with Gasteiger partial charge in [-0.05, 0) is 44.7 Å². The molecule has 0 fully saturated rings. The van der Waals surface area contributed by atoms with Crippen molar-refractivity contribution < 1.29 is 38.8 Å². The Morgan fingerprint density at radius 3 is 1.73 bits per heavy atom. The predicted octanol–water partition coefficient (Wildman–Crippen LogP) is 0.667. The Morgan fingerprint density at radius 2 is 1.22 bits per heavy atom. The summed E-state index contributed by atoms with van der Waals surface area (Å²) in [4.78, 5) is 84.4. The quantitative estimate of drug-likeness (QED) is 0.0879. The number of aliphatic carboxylic acids is 1. The fourth-order valence-electron chi connectivity index (χ4n) is 4.02. The molecule has 250 valence electrons. The molecule has 1 rings (SSSR count). The van der Waals surface area contributed by atoms with Gasteiger partial charge in [-0.2, -0.15) is 0 Å². The van der Waals surface area contributed by atoms with E-state index in [0.29, 0.717) is 5.69 Å². The van der Waals surface area contributed by atoms with Crippen LogP contribution in [0.4, 0.5) is 11.4 Å². The first-order valence-electron chi connectivity index (χ1n) is 14.6. The number of carboxylic acid groups (broad SMARTS) is 1. The summed E-state index contributed by atoms with van der Waals surface area (Å²) < 4.78 is 0. The zero-order valence-electron chi connectivity index (χ0n) is 26.6. The molecule has 0 radical (unpaired) electrons. The number of hydrogen-bond donors (Lipinski definition) is 7. The molecule has 0 heterocycles. The third-order valence-electron chi connectivity index (χ3n) is 6.66. The lowest BCUT2D eigenvalue weighted by Crippen LogP contribution is -2.59. The molecule has 0 saturated heterocycles. The van der Waals surface area contributed by atoms with Gasteiger partial charge in [-0.15, -0.1) is 0 Å². The molecule has 0 aromatic heterocycles. The lowest BCUT2D eigenvalue weighted by Gasteiger charge is -2.29. The van der Waals surface area contributed by atoms with Crippen LogP contribution in [0.1, 0.15) is 61.3 Å². The Labute approximate surface area is 262 Å². The zero-order chi connectivity index (χ0) is 34.4. The monoisotopic (exact) mass is 635 g/mol. The van der Waals surface area contributed by atoms with E-state index in [9.17, 15) is 38.9 Å². The molecule has 0 saturated carbocycles. The average Bonchev–Trinajstić information content (AvgIpc) is 2.94. The van der Waals surface area contributed by atoms with E-state index < -0.39 is 70.6 Å². The van der Waals surface area contributed by atoms with Crippen molar-refractivity contribution in [1.82, 2.24) is 26.6 Å². The molecule has 1 aromatic carbocycles. The Bertz CT molecular complexity index is 1220. The zero-order valence-corrected chi connectivity index (χ0v) is 26.6. The highest BCUT2D eigenvalue weighted by Gasteiger charge is 2.31. The Hall–Kier alpha value is -4.60. The van der Waals surface area contributed by atoms with Crippen molar-refractivity contribution in [2.24, 2.45) is 11.8 Å². The minimum absolute atomic E-state index is 0.142. The number of carboxylic acids is 1. The summed E-state index contributed by atoms with van der Waals surface area (Å²) in [6.45, 7) is 11.9. The molecular weight excluding hydrogens is 590 g/mol. The minimum Gasteiger partial charge on any atom is -0.481 e. The smallest absolute Gasteiger partial charge is 0.303 e. The second kappa shape index (κ2) is 18.3. The number of nitro benzene ring substituents is 1. The van der Waals surface area contributed by atoms with Crippen molar-refractivity contribution in [3.05, 3.63) is 34.4 Å². The average molecular weight is 636 g/mol. The second-order valence-corrected chi connectivity index (χ2v) is 11.5. The van der Waals surface area contributed by atoms with Gasteiger partial charge in [0, 0.05) is 36.8 Å². The van der Waals surface area contributed by atoms with Gasteiger partial charge in [0.15, 0.2) is 0 Å². The van der Waals surface area contributed by atoms with E-state index >= 15 is 0 Å². The Kier molecular flexibility index (Phi) is 15.6. The number of nitrogens with one attached hydrogen (secondary N) is 6. The van der Waals surface area contributed by atoms with Gasteiger partial charge in [-0.25, -0.2) is 0 Å². The van der Waals surface area contributed by atoms with Gasteiger partial charge in [0.1, 0.15) is 18.1 Å². The maximum atomic E-state index is 13.2. The summed E-state index contributed by atoms with van der Waals surface area (Å²) in [5, 5.41) is 35.6. The van der Waals surface area contributed by atoms with Crippen LogP contribution in [0.15, 0.2) is 24.3 Å². The summed E-state index contributed by atoms with van der Waals surface area (Å²) in [7, 11) is 0. The molecule has 1 aromatic rings. The van der Waals surface area contributed by atoms with E-state index in [1.807, 2.05) is 13.8 Å². The van der Waals surface area contributed by atoms with Crippen LogP contribution >= 0.6 is 0 Å². The highest BCUT2D eigenvalue weighted by Crippen LogP contribution is 2.15. The number of carbonyl (C=O) groups excluding carboxylic acids is 5. The van der Waals surface area contributed by atoms with Crippen LogP contribution in [-0.4, -0.2) is 82.3 Å². The maximum Gasteiger partial charge on any atom is 0.303 e. The first-order chi connectivity index (χ1) is 20.9. The number of benzene rings is 1. The first kappa shape index (κ1) is 38.4. The van der Waals surface area contributed by atoms with Gasteiger partial charge in [-0.1, -0.05) is 27.7 Å². The summed E-state index contributed by atoms with van der Waals surface area (Å²) >= 11 is 0. The van der Waals surface area contributed by atoms with Gasteiger partial charge in [0.05, 0.1) is 17.4 Å². The fraction of sp³-hybridized carbons (Fsp3) is 0.586.